The summed E-state index contributed by atoms with van der Waals surface area (Å²) >= 11 is 0. The van der Waals surface area contributed by atoms with E-state index in [2.05, 4.69) is 35.5 Å². The second-order valence-corrected chi connectivity index (χ2v) is 8.73. The predicted octanol–water partition coefficient (Wildman–Crippen LogP) is 2.83. The first-order valence-electron chi connectivity index (χ1n) is 10.3. The van der Waals surface area contributed by atoms with Gasteiger partial charge in [-0.05, 0) is 64.0 Å². The van der Waals surface area contributed by atoms with E-state index < -0.39 is 0 Å². The summed E-state index contributed by atoms with van der Waals surface area (Å²) in [4.78, 5) is 20.2. The zero-order chi connectivity index (χ0) is 17.1. The molecule has 138 valence electrons. The normalized spacial score (nSPS) is 32.7. The van der Waals surface area contributed by atoms with Crippen LogP contribution in [0, 0.1) is 11.8 Å². The van der Waals surface area contributed by atoms with E-state index >= 15 is 0 Å². The lowest BCUT2D eigenvalue weighted by atomic mass is 9.91. The van der Waals surface area contributed by atoms with Gasteiger partial charge in [0.15, 0.2) is 0 Å². The van der Waals surface area contributed by atoms with Gasteiger partial charge in [-0.25, -0.2) is 0 Å². The van der Waals surface area contributed by atoms with Crippen molar-refractivity contribution in [2.24, 2.45) is 11.8 Å². The van der Waals surface area contributed by atoms with E-state index in [1.54, 1.807) is 0 Å². The molecule has 0 aliphatic carbocycles. The Morgan fingerprint density at radius 3 is 2.08 bits per heavy atom. The van der Waals surface area contributed by atoms with Crippen LogP contribution in [0.5, 0.6) is 0 Å². The monoisotopic (exact) mass is 335 g/mol. The van der Waals surface area contributed by atoms with Gasteiger partial charge in [0.2, 0.25) is 5.91 Å². The van der Waals surface area contributed by atoms with Gasteiger partial charge in [0, 0.05) is 32.2 Å². The van der Waals surface area contributed by atoms with Crippen LogP contribution in [0.4, 0.5) is 0 Å². The molecule has 0 aromatic carbocycles. The maximum Gasteiger partial charge on any atom is 0.239 e. The standard InChI is InChI=1S/C20H37N3O/c1-16-13-17(2)15-23(14-16)20(24)18(3)21-11-7-19(8-12-21)22-9-5-4-6-10-22/h16-19H,4-15H2,1-3H3/t16-,17-,18-/m1/s1. The third-order valence-corrected chi connectivity index (χ3v) is 6.49. The van der Waals surface area contributed by atoms with Crippen LogP contribution in [0.3, 0.4) is 0 Å². The number of nitrogens with zero attached hydrogens (tertiary/aromatic N) is 3. The van der Waals surface area contributed by atoms with Crippen LogP contribution in [-0.2, 0) is 4.79 Å². The number of likely N-dealkylation sites (tertiary alicyclic amines) is 3. The highest BCUT2D eigenvalue weighted by molar-refractivity contribution is 5.81. The Kier molecular flexibility index (Phi) is 6.20. The highest BCUT2D eigenvalue weighted by Crippen LogP contribution is 2.25. The molecule has 4 nitrogen and oxygen atoms in total. The summed E-state index contributed by atoms with van der Waals surface area (Å²) in [5, 5.41) is 0. The Bertz CT molecular complexity index is 403. The molecule has 3 fully saturated rings. The van der Waals surface area contributed by atoms with E-state index in [1.165, 1.54) is 51.6 Å². The predicted molar refractivity (Wildman–Crippen MR) is 99.0 cm³/mol. The van der Waals surface area contributed by atoms with Crippen molar-refractivity contribution >= 4 is 5.91 Å². The fourth-order valence-electron chi connectivity index (χ4n) is 5.19. The summed E-state index contributed by atoms with van der Waals surface area (Å²) in [5.41, 5.74) is 0. The first-order valence-corrected chi connectivity index (χ1v) is 10.3. The van der Waals surface area contributed by atoms with Gasteiger partial charge in [-0.3, -0.25) is 9.69 Å². The minimum atomic E-state index is 0.0600. The van der Waals surface area contributed by atoms with Crippen LogP contribution in [-0.4, -0.2) is 72.0 Å². The highest BCUT2D eigenvalue weighted by atomic mass is 16.2. The van der Waals surface area contributed by atoms with Gasteiger partial charge in [0.1, 0.15) is 0 Å². The molecule has 3 heterocycles. The molecule has 3 saturated heterocycles. The molecule has 0 aromatic heterocycles. The van der Waals surface area contributed by atoms with Crippen LogP contribution in [0.15, 0.2) is 0 Å². The van der Waals surface area contributed by atoms with Crippen molar-refractivity contribution in [2.45, 2.75) is 71.4 Å². The third-order valence-electron chi connectivity index (χ3n) is 6.49. The molecule has 0 radical (unpaired) electrons. The Morgan fingerprint density at radius 1 is 0.917 bits per heavy atom. The molecule has 3 rings (SSSR count). The SMILES string of the molecule is C[C@@H]1C[C@@H](C)CN(C(=O)[C@@H](C)N2CCC(N3CCCCC3)CC2)C1. The second-order valence-electron chi connectivity index (χ2n) is 8.73. The van der Waals surface area contributed by atoms with Crippen LogP contribution in [0.1, 0.15) is 59.3 Å². The smallest absolute Gasteiger partial charge is 0.239 e. The zero-order valence-electron chi connectivity index (χ0n) is 16.0. The Hall–Kier alpha value is -0.610. The number of hydrogen-bond acceptors (Lipinski definition) is 3. The van der Waals surface area contributed by atoms with Crippen molar-refractivity contribution in [3.63, 3.8) is 0 Å². The molecule has 0 spiro atoms. The minimum Gasteiger partial charge on any atom is -0.341 e. The lowest BCUT2D eigenvalue weighted by Gasteiger charge is -2.43. The Balaban J connectivity index is 1.49. The summed E-state index contributed by atoms with van der Waals surface area (Å²) in [5.74, 6) is 1.66. The van der Waals surface area contributed by atoms with Crippen LogP contribution in [0.2, 0.25) is 0 Å². The average molecular weight is 336 g/mol. The molecule has 4 heteroatoms. The average Bonchev–Trinajstić information content (AvgIpc) is 2.60. The molecule has 24 heavy (non-hydrogen) atoms. The van der Waals surface area contributed by atoms with Crippen molar-refractivity contribution in [3.05, 3.63) is 0 Å². The van der Waals surface area contributed by atoms with E-state index in [4.69, 9.17) is 0 Å². The van der Waals surface area contributed by atoms with Gasteiger partial charge in [-0.1, -0.05) is 20.3 Å². The summed E-state index contributed by atoms with van der Waals surface area (Å²) in [7, 11) is 0. The van der Waals surface area contributed by atoms with Crippen LogP contribution in [0.25, 0.3) is 0 Å². The molecular formula is C20H37N3O. The van der Waals surface area contributed by atoms with E-state index in [9.17, 15) is 4.79 Å². The minimum absolute atomic E-state index is 0.0600. The topological polar surface area (TPSA) is 26.8 Å². The Morgan fingerprint density at radius 2 is 1.50 bits per heavy atom. The number of rotatable bonds is 3. The number of piperidine rings is 3. The molecule has 0 bridgehead atoms. The second kappa shape index (κ2) is 8.18. The van der Waals surface area contributed by atoms with Gasteiger partial charge in [0.25, 0.3) is 0 Å². The van der Waals surface area contributed by atoms with Gasteiger partial charge in [-0.2, -0.15) is 0 Å². The summed E-state index contributed by atoms with van der Waals surface area (Å²) in [6.45, 7) is 13.4. The number of carbonyl (C=O) groups is 1. The van der Waals surface area contributed by atoms with Crippen molar-refractivity contribution in [2.75, 3.05) is 39.3 Å². The largest absolute Gasteiger partial charge is 0.341 e. The van der Waals surface area contributed by atoms with Crippen molar-refractivity contribution < 1.29 is 4.79 Å². The lowest BCUT2D eigenvalue weighted by molar-refractivity contribution is -0.139. The van der Waals surface area contributed by atoms with Gasteiger partial charge in [-0.15, -0.1) is 0 Å². The number of carbonyl (C=O) groups excluding carboxylic acids is 1. The van der Waals surface area contributed by atoms with Gasteiger partial charge >= 0.3 is 0 Å². The molecule has 3 aliphatic rings. The highest BCUT2D eigenvalue weighted by Gasteiger charge is 2.33. The van der Waals surface area contributed by atoms with E-state index in [-0.39, 0.29) is 6.04 Å². The summed E-state index contributed by atoms with van der Waals surface area (Å²) < 4.78 is 0. The molecule has 0 saturated carbocycles. The van der Waals surface area contributed by atoms with Crippen molar-refractivity contribution in [3.8, 4) is 0 Å². The molecular weight excluding hydrogens is 298 g/mol. The summed E-state index contributed by atoms with van der Waals surface area (Å²) in [6, 6.07) is 0.823. The molecule has 3 atom stereocenters. The van der Waals surface area contributed by atoms with Gasteiger partial charge < -0.3 is 9.80 Å². The third kappa shape index (κ3) is 4.32. The molecule has 1 amide bonds. The maximum atomic E-state index is 12.9. The molecule has 0 aromatic rings. The maximum absolute atomic E-state index is 12.9. The van der Waals surface area contributed by atoms with Crippen LogP contribution < -0.4 is 0 Å². The van der Waals surface area contributed by atoms with Crippen molar-refractivity contribution in [1.82, 2.24) is 14.7 Å². The first kappa shape index (κ1) is 18.2. The lowest BCUT2D eigenvalue weighted by Crippen LogP contribution is -2.54. The van der Waals surface area contributed by atoms with E-state index in [0.717, 1.165) is 32.2 Å². The van der Waals surface area contributed by atoms with E-state index in [1.807, 2.05) is 0 Å². The fraction of sp³-hybridized carbons (Fsp3) is 0.950. The number of hydrogen-bond donors (Lipinski definition) is 0. The Labute approximate surface area is 148 Å². The fourth-order valence-corrected chi connectivity index (χ4v) is 5.19. The molecule has 3 aliphatic heterocycles. The zero-order valence-corrected chi connectivity index (χ0v) is 16.0. The molecule has 0 N–H and O–H groups in total. The quantitative estimate of drug-likeness (QED) is 0.793. The summed E-state index contributed by atoms with van der Waals surface area (Å²) in [6.07, 6.45) is 7.91. The van der Waals surface area contributed by atoms with Crippen LogP contribution >= 0.6 is 0 Å². The van der Waals surface area contributed by atoms with Gasteiger partial charge in [0.05, 0.1) is 6.04 Å². The van der Waals surface area contributed by atoms with Crippen molar-refractivity contribution in [1.29, 1.82) is 0 Å². The first-order chi connectivity index (χ1) is 11.5. The number of amides is 1. The molecule has 0 unspecified atom stereocenters. The van der Waals surface area contributed by atoms with E-state index in [0.29, 0.717) is 17.7 Å².